The fourth-order valence-electron chi connectivity index (χ4n) is 3.24. The van der Waals surface area contributed by atoms with Gasteiger partial charge in [-0.15, -0.1) is 0 Å². The summed E-state index contributed by atoms with van der Waals surface area (Å²) in [4.78, 5) is 15.9. The van der Waals surface area contributed by atoms with Gasteiger partial charge in [0.2, 0.25) is 5.95 Å². The molecule has 7 nitrogen and oxygen atoms in total. The summed E-state index contributed by atoms with van der Waals surface area (Å²) in [6.45, 7) is 8.34. The number of anilines is 2. The van der Waals surface area contributed by atoms with Gasteiger partial charge >= 0.3 is 0 Å². The molecule has 2 aromatic rings. The van der Waals surface area contributed by atoms with Crippen LogP contribution in [0.2, 0.25) is 0 Å². The quantitative estimate of drug-likeness (QED) is 0.850. The number of aliphatic hydroxyl groups is 1. The number of hydrogen-bond acceptors (Lipinski definition) is 6. The molecule has 126 valence electrons. The van der Waals surface area contributed by atoms with Crippen molar-refractivity contribution in [1.29, 1.82) is 0 Å². The summed E-state index contributed by atoms with van der Waals surface area (Å²) >= 11 is 0. The third-order valence-corrected chi connectivity index (χ3v) is 4.36. The van der Waals surface area contributed by atoms with Gasteiger partial charge in [0.15, 0.2) is 17.0 Å². The van der Waals surface area contributed by atoms with Gasteiger partial charge in [-0.1, -0.05) is 6.92 Å². The van der Waals surface area contributed by atoms with Gasteiger partial charge in [0, 0.05) is 19.1 Å². The maximum absolute atomic E-state index is 9.65. The minimum Gasteiger partial charge on any atom is -0.394 e. The van der Waals surface area contributed by atoms with E-state index in [0.717, 1.165) is 55.3 Å². The molecule has 1 aliphatic rings. The monoisotopic (exact) mass is 318 g/mol. The molecule has 1 saturated heterocycles. The SMILES string of the molecule is CCCNc1ncnc2c1nc(N1CCCC1CO)n2C(C)C. The van der Waals surface area contributed by atoms with Crippen LogP contribution in [0.15, 0.2) is 6.33 Å². The van der Waals surface area contributed by atoms with Crippen LogP contribution in [0.3, 0.4) is 0 Å². The van der Waals surface area contributed by atoms with Gasteiger partial charge in [-0.2, -0.15) is 0 Å². The number of rotatable bonds is 6. The van der Waals surface area contributed by atoms with Crippen LogP contribution in [0.4, 0.5) is 11.8 Å². The van der Waals surface area contributed by atoms with Crippen LogP contribution < -0.4 is 10.2 Å². The Morgan fingerprint density at radius 3 is 2.91 bits per heavy atom. The summed E-state index contributed by atoms with van der Waals surface area (Å²) in [5.74, 6) is 1.68. The number of imidazole rings is 1. The van der Waals surface area contributed by atoms with Gasteiger partial charge in [0.25, 0.3) is 0 Å². The number of hydrogen-bond donors (Lipinski definition) is 2. The molecule has 0 aliphatic carbocycles. The summed E-state index contributed by atoms with van der Waals surface area (Å²) in [5, 5.41) is 13.0. The molecule has 1 atom stereocenters. The average Bonchev–Trinajstić information content (AvgIpc) is 3.16. The molecular formula is C16H26N6O. The summed E-state index contributed by atoms with van der Waals surface area (Å²) in [6, 6.07) is 0.383. The first-order valence-electron chi connectivity index (χ1n) is 8.51. The highest BCUT2D eigenvalue weighted by molar-refractivity contribution is 5.85. The predicted octanol–water partition coefficient (Wildman–Crippen LogP) is 2.19. The van der Waals surface area contributed by atoms with Gasteiger partial charge in [-0.3, -0.25) is 4.57 Å². The first-order valence-corrected chi connectivity index (χ1v) is 8.51. The lowest BCUT2D eigenvalue weighted by Gasteiger charge is -2.26. The molecule has 2 N–H and O–H groups in total. The molecule has 1 aliphatic heterocycles. The van der Waals surface area contributed by atoms with Gasteiger partial charge in [-0.05, 0) is 33.1 Å². The largest absolute Gasteiger partial charge is 0.394 e. The van der Waals surface area contributed by atoms with Crippen molar-refractivity contribution < 1.29 is 5.11 Å². The van der Waals surface area contributed by atoms with Crippen LogP contribution in [0.5, 0.6) is 0 Å². The van der Waals surface area contributed by atoms with E-state index in [4.69, 9.17) is 4.98 Å². The predicted molar refractivity (Wildman–Crippen MR) is 91.9 cm³/mol. The Morgan fingerprint density at radius 1 is 1.39 bits per heavy atom. The molecule has 23 heavy (non-hydrogen) atoms. The maximum atomic E-state index is 9.65. The summed E-state index contributed by atoms with van der Waals surface area (Å²) < 4.78 is 2.15. The topological polar surface area (TPSA) is 79.1 Å². The molecule has 0 saturated carbocycles. The van der Waals surface area contributed by atoms with Crippen molar-refractivity contribution in [1.82, 2.24) is 19.5 Å². The number of nitrogens with zero attached hydrogens (tertiary/aromatic N) is 5. The summed E-state index contributed by atoms with van der Waals surface area (Å²) in [6.07, 6.45) is 4.71. The van der Waals surface area contributed by atoms with Gasteiger partial charge < -0.3 is 15.3 Å². The van der Waals surface area contributed by atoms with Gasteiger partial charge in [0.05, 0.1) is 12.6 Å². The number of aliphatic hydroxyl groups excluding tert-OH is 1. The highest BCUT2D eigenvalue weighted by Crippen LogP contribution is 2.32. The second kappa shape index (κ2) is 6.70. The van der Waals surface area contributed by atoms with Crippen molar-refractivity contribution in [2.24, 2.45) is 0 Å². The highest BCUT2D eigenvalue weighted by atomic mass is 16.3. The maximum Gasteiger partial charge on any atom is 0.208 e. The molecule has 1 fully saturated rings. The molecule has 3 heterocycles. The zero-order chi connectivity index (χ0) is 16.4. The molecule has 0 aromatic carbocycles. The van der Waals surface area contributed by atoms with Crippen LogP contribution in [-0.2, 0) is 0 Å². The van der Waals surface area contributed by atoms with Gasteiger partial charge in [-0.25, -0.2) is 15.0 Å². The Balaban J connectivity index is 2.11. The minimum absolute atomic E-state index is 0.143. The third kappa shape index (κ3) is 2.85. The zero-order valence-corrected chi connectivity index (χ0v) is 14.2. The van der Waals surface area contributed by atoms with E-state index in [0.29, 0.717) is 0 Å². The van der Waals surface area contributed by atoms with E-state index in [2.05, 4.69) is 45.5 Å². The van der Waals surface area contributed by atoms with Crippen molar-refractivity contribution in [3.63, 3.8) is 0 Å². The lowest BCUT2D eigenvalue weighted by molar-refractivity contribution is 0.265. The van der Waals surface area contributed by atoms with Crippen LogP contribution in [0.1, 0.15) is 46.1 Å². The molecule has 2 aromatic heterocycles. The average molecular weight is 318 g/mol. The van der Waals surface area contributed by atoms with E-state index in [1.165, 1.54) is 0 Å². The van der Waals surface area contributed by atoms with Crippen LogP contribution in [-0.4, -0.2) is 50.4 Å². The van der Waals surface area contributed by atoms with E-state index in [1.54, 1.807) is 6.33 Å². The second-order valence-electron chi connectivity index (χ2n) is 6.37. The van der Waals surface area contributed by atoms with Crippen molar-refractivity contribution in [2.45, 2.75) is 52.1 Å². The Labute approximate surface area is 136 Å². The fraction of sp³-hybridized carbons (Fsp3) is 0.688. The van der Waals surface area contributed by atoms with E-state index in [9.17, 15) is 5.11 Å². The van der Waals surface area contributed by atoms with E-state index in [1.807, 2.05) is 0 Å². The van der Waals surface area contributed by atoms with Crippen LogP contribution in [0.25, 0.3) is 11.2 Å². The summed E-state index contributed by atoms with van der Waals surface area (Å²) in [5.41, 5.74) is 1.67. The smallest absolute Gasteiger partial charge is 0.208 e. The Hall–Kier alpha value is -1.89. The standard InChI is InChI=1S/C16H26N6O/c1-4-7-17-14-13-15(19-10-18-14)22(11(2)3)16(20-13)21-8-5-6-12(21)9-23/h10-12,23H,4-9H2,1-3H3,(H,17,18,19). The van der Waals surface area contributed by atoms with Crippen molar-refractivity contribution in [3.8, 4) is 0 Å². The van der Waals surface area contributed by atoms with Crippen molar-refractivity contribution in [2.75, 3.05) is 29.9 Å². The summed E-state index contributed by atoms with van der Waals surface area (Å²) in [7, 11) is 0. The number of fused-ring (bicyclic) bond motifs is 1. The minimum atomic E-state index is 0.143. The molecule has 7 heteroatoms. The van der Waals surface area contributed by atoms with Crippen molar-refractivity contribution >= 4 is 22.9 Å². The van der Waals surface area contributed by atoms with Crippen molar-refractivity contribution in [3.05, 3.63) is 6.33 Å². The molecule has 0 spiro atoms. The molecule has 0 radical (unpaired) electrons. The Bertz CT molecular complexity index is 668. The lowest BCUT2D eigenvalue weighted by atomic mass is 10.2. The normalized spacial score (nSPS) is 18.3. The highest BCUT2D eigenvalue weighted by Gasteiger charge is 2.30. The molecule has 0 bridgehead atoms. The zero-order valence-electron chi connectivity index (χ0n) is 14.2. The first kappa shape index (κ1) is 16.0. The first-order chi connectivity index (χ1) is 11.2. The second-order valence-corrected chi connectivity index (χ2v) is 6.37. The van der Waals surface area contributed by atoms with E-state index >= 15 is 0 Å². The van der Waals surface area contributed by atoms with Crippen LogP contribution in [0, 0.1) is 0 Å². The molecule has 1 unspecified atom stereocenters. The lowest BCUT2D eigenvalue weighted by Crippen LogP contribution is -2.34. The Morgan fingerprint density at radius 2 is 2.22 bits per heavy atom. The number of nitrogens with one attached hydrogen (secondary N) is 1. The molecule has 0 amide bonds. The third-order valence-electron chi connectivity index (χ3n) is 4.36. The van der Waals surface area contributed by atoms with Gasteiger partial charge in [0.1, 0.15) is 6.33 Å². The molecule has 3 rings (SSSR count). The van der Waals surface area contributed by atoms with E-state index in [-0.39, 0.29) is 18.7 Å². The number of aromatic nitrogens is 4. The van der Waals surface area contributed by atoms with E-state index < -0.39 is 0 Å². The Kier molecular flexibility index (Phi) is 4.66. The van der Waals surface area contributed by atoms with Crippen LogP contribution >= 0.6 is 0 Å². The fourth-order valence-corrected chi connectivity index (χ4v) is 3.24. The molecular weight excluding hydrogens is 292 g/mol.